The molecule has 0 unspecified atom stereocenters. The summed E-state index contributed by atoms with van der Waals surface area (Å²) in [4.78, 5) is 28.9. The maximum absolute atomic E-state index is 12.5. The van der Waals surface area contributed by atoms with Crippen molar-refractivity contribution in [2.45, 2.75) is 76.5 Å². The van der Waals surface area contributed by atoms with Gasteiger partial charge in [-0.1, -0.05) is 0 Å². The highest BCUT2D eigenvalue weighted by Gasteiger charge is 2.40. The van der Waals surface area contributed by atoms with Crippen LogP contribution in [0.25, 0.3) is 0 Å². The van der Waals surface area contributed by atoms with Crippen LogP contribution in [0.4, 0.5) is 10.6 Å². The molecular weight excluding hydrogens is 478 g/mol. The molecule has 37 heavy (non-hydrogen) atoms. The minimum absolute atomic E-state index is 0.0246. The Hall–Kier alpha value is -3.76. The van der Waals surface area contributed by atoms with Gasteiger partial charge in [-0.05, 0) is 52.9 Å². The van der Waals surface area contributed by atoms with E-state index in [4.69, 9.17) is 14.2 Å². The topological polar surface area (TPSA) is 147 Å². The largest absolute Gasteiger partial charge is 0.507 e. The first-order valence-corrected chi connectivity index (χ1v) is 12.5. The molecule has 0 aliphatic heterocycles. The van der Waals surface area contributed by atoms with E-state index in [1.54, 1.807) is 12.1 Å². The van der Waals surface area contributed by atoms with Gasteiger partial charge in [-0.2, -0.15) is 5.10 Å². The lowest BCUT2D eigenvalue weighted by Gasteiger charge is -2.16. The van der Waals surface area contributed by atoms with E-state index in [2.05, 4.69) is 25.8 Å². The standard InChI is InChI=1S/C26H35N5O6/c1-15(2)27-13-19-21(32)10-18(35-4)11-22(19)36-14-24(33)28-23-12-20(30-31-23)16-5-6-17(9-16)37-25(34)29-26(3)7-8-26/h10-13,15-17,32H,5-9,14H2,1-4H3,(H,29,34)(H2,28,30,31,33)/b27-13+/t16-,17+/m0/s1. The van der Waals surface area contributed by atoms with Gasteiger partial charge in [0.05, 0.1) is 12.7 Å². The second-order valence-corrected chi connectivity index (χ2v) is 10.2. The molecule has 1 aromatic heterocycles. The number of rotatable bonds is 10. The Labute approximate surface area is 216 Å². The number of methoxy groups -OCH3 is 1. The Bertz CT molecular complexity index is 1160. The fourth-order valence-electron chi connectivity index (χ4n) is 4.18. The van der Waals surface area contributed by atoms with Gasteiger partial charge in [0.1, 0.15) is 23.4 Å². The normalized spacial score (nSPS) is 20.1. The summed E-state index contributed by atoms with van der Waals surface area (Å²) in [5, 5.41) is 23.2. The summed E-state index contributed by atoms with van der Waals surface area (Å²) in [5.74, 6) is 0.730. The number of benzene rings is 1. The van der Waals surface area contributed by atoms with Crippen molar-refractivity contribution in [1.82, 2.24) is 15.5 Å². The molecule has 1 aromatic carbocycles. The van der Waals surface area contributed by atoms with Gasteiger partial charge >= 0.3 is 6.09 Å². The number of phenolic OH excluding ortho intramolecular Hbond substituents is 1. The third-order valence-corrected chi connectivity index (χ3v) is 6.56. The summed E-state index contributed by atoms with van der Waals surface area (Å²) in [6.07, 6.45) is 5.31. The van der Waals surface area contributed by atoms with Crippen LogP contribution in [0.3, 0.4) is 0 Å². The SMILES string of the molecule is COc1cc(O)c(/C=N/C(C)C)c(OCC(=O)Nc2cc([C@H]3CC[C@@H](OC(=O)NC4(C)CC4)C3)[nH]n2)c1. The molecule has 0 spiro atoms. The number of amides is 2. The van der Waals surface area contributed by atoms with E-state index in [0.29, 0.717) is 23.6 Å². The second-order valence-electron chi connectivity index (χ2n) is 10.2. The number of aromatic nitrogens is 2. The molecule has 200 valence electrons. The molecular formula is C26H35N5O6. The van der Waals surface area contributed by atoms with E-state index in [9.17, 15) is 14.7 Å². The molecule has 2 amide bonds. The lowest BCUT2D eigenvalue weighted by Crippen LogP contribution is -2.36. The number of hydrogen-bond acceptors (Lipinski definition) is 8. The number of anilines is 1. The highest BCUT2D eigenvalue weighted by Crippen LogP contribution is 2.37. The molecule has 11 heteroatoms. The zero-order valence-corrected chi connectivity index (χ0v) is 21.7. The van der Waals surface area contributed by atoms with Gasteiger partial charge < -0.3 is 30.0 Å². The molecule has 0 saturated heterocycles. The first-order chi connectivity index (χ1) is 17.6. The smallest absolute Gasteiger partial charge is 0.407 e. The number of H-pyrrole nitrogens is 1. The number of hydrogen-bond donors (Lipinski definition) is 4. The minimum atomic E-state index is -0.412. The first kappa shape index (κ1) is 26.3. The van der Waals surface area contributed by atoms with Gasteiger partial charge in [0, 0.05) is 47.6 Å². The van der Waals surface area contributed by atoms with E-state index in [0.717, 1.165) is 31.4 Å². The quantitative estimate of drug-likeness (QED) is 0.352. The number of aromatic hydroxyl groups is 1. The molecule has 2 aliphatic rings. The summed E-state index contributed by atoms with van der Waals surface area (Å²) >= 11 is 0. The van der Waals surface area contributed by atoms with Crippen molar-refractivity contribution in [2.75, 3.05) is 19.0 Å². The van der Waals surface area contributed by atoms with Gasteiger partial charge in [-0.25, -0.2) is 4.79 Å². The van der Waals surface area contributed by atoms with E-state index in [-0.39, 0.29) is 47.8 Å². The number of alkyl carbamates (subject to hydrolysis) is 1. The third kappa shape index (κ3) is 7.14. The number of nitrogens with zero attached hydrogens (tertiary/aromatic N) is 2. The molecule has 2 fully saturated rings. The molecule has 0 bridgehead atoms. The lowest BCUT2D eigenvalue weighted by atomic mass is 10.0. The van der Waals surface area contributed by atoms with Crippen LogP contribution >= 0.6 is 0 Å². The maximum Gasteiger partial charge on any atom is 0.407 e. The van der Waals surface area contributed by atoms with Crippen LogP contribution in [0.2, 0.25) is 0 Å². The van der Waals surface area contributed by atoms with E-state index in [1.165, 1.54) is 19.4 Å². The molecule has 4 N–H and O–H groups in total. The molecule has 4 rings (SSSR count). The minimum Gasteiger partial charge on any atom is -0.507 e. The summed E-state index contributed by atoms with van der Waals surface area (Å²) in [6.45, 7) is 5.53. The number of phenols is 1. The highest BCUT2D eigenvalue weighted by atomic mass is 16.6. The van der Waals surface area contributed by atoms with Crippen LogP contribution in [0.15, 0.2) is 23.2 Å². The van der Waals surface area contributed by atoms with Crippen molar-refractivity contribution in [2.24, 2.45) is 4.99 Å². The number of nitrogens with one attached hydrogen (secondary N) is 3. The van der Waals surface area contributed by atoms with Gasteiger partial charge in [-0.3, -0.25) is 14.9 Å². The molecule has 2 atom stereocenters. The summed E-state index contributed by atoms with van der Waals surface area (Å²) in [7, 11) is 1.48. The summed E-state index contributed by atoms with van der Waals surface area (Å²) in [5.41, 5.74) is 1.13. The van der Waals surface area contributed by atoms with Crippen LogP contribution in [0.5, 0.6) is 17.2 Å². The van der Waals surface area contributed by atoms with Crippen molar-refractivity contribution in [1.29, 1.82) is 0 Å². The maximum atomic E-state index is 12.5. The molecule has 2 aromatic rings. The van der Waals surface area contributed by atoms with Crippen molar-refractivity contribution in [3.05, 3.63) is 29.5 Å². The van der Waals surface area contributed by atoms with Gasteiger partial charge in [0.2, 0.25) is 0 Å². The van der Waals surface area contributed by atoms with Crippen molar-refractivity contribution < 1.29 is 28.9 Å². The van der Waals surface area contributed by atoms with Crippen molar-refractivity contribution in [3.8, 4) is 17.2 Å². The van der Waals surface area contributed by atoms with Crippen LogP contribution in [0.1, 0.15) is 70.1 Å². The summed E-state index contributed by atoms with van der Waals surface area (Å²) < 4.78 is 16.5. The molecule has 0 radical (unpaired) electrons. The Morgan fingerprint density at radius 2 is 2.08 bits per heavy atom. The van der Waals surface area contributed by atoms with Gasteiger partial charge in [0.15, 0.2) is 12.4 Å². The van der Waals surface area contributed by atoms with E-state index in [1.807, 2.05) is 20.8 Å². The highest BCUT2D eigenvalue weighted by molar-refractivity contribution is 5.92. The number of aromatic amines is 1. The second kappa shape index (κ2) is 11.1. The van der Waals surface area contributed by atoms with E-state index >= 15 is 0 Å². The zero-order valence-electron chi connectivity index (χ0n) is 21.7. The average molecular weight is 514 g/mol. The number of carbonyl (C=O) groups excluding carboxylic acids is 2. The van der Waals surface area contributed by atoms with Crippen LogP contribution < -0.4 is 20.1 Å². The van der Waals surface area contributed by atoms with Crippen LogP contribution in [0, 0.1) is 0 Å². The Balaban J connectivity index is 1.30. The molecule has 2 saturated carbocycles. The third-order valence-electron chi connectivity index (χ3n) is 6.56. The van der Waals surface area contributed by atoms with Crippen LogP contribution in [-0.4, -0.2) is 64.9 Å². The predicted octanol–water partition coefficient (Wildman–Crippen LogP) is 3.88. The number of ether oxygens (including phenoxy) is 3. The zero-order chi connectivity index (χ0) is 26.6. The summed E-state index contributed by atoms with van der Waals surface area (Å²) in [6, 6.07) is 4.86. The van der Waals surface area contributed by atoms with Crippen molar-refractivity contribution >= 4 is 24.0 Å². The Kier molecular flexibility index (Phi) is 7.89. The predicted molar refractivity (Wildman–Crippen MR) is 138 cm³/mol. The average Bonchev–Trinajstić information content (AvgIpc) is 3.20. The molecule has 2 aliphatic carbocycles. The Morgan fingerprint density at radius 1 is 1.30 bits per heavy atom. The Morgan fingerprint density at radius 3 is 2.78 bits per heavy atom. The molecule has 1 heterocycles. The van der Waals surface area contributed by atoms with E-state index < -0.39 is 5.91 Å². The number of carbonyl (C=O) groups is 2. The fourth-order valence-corrected chi connectivity index (χ4v) is 4.18. The van der Waals surface area contributed by atoms with Crippen LogP contribution in [-0.2, 0) is 9.53 Å². The van der Waals surface area contributed by atoms with Gasteiger partial charge in [0.25, 0.3) is 5.91 Å². The monoisotopic (exact) mass is 513 g/mol. The van der Waals surface area contributed by atoms with Gasteiger partial charge in [-0.15, -0.1) is 0 Å². The number of aliphatic imine (C=N–C) groups is 1. The lowest BCUT2D eigenvalue weighted by molar-refractivity contribution is -0.118. The first-order valence-electron chi connectivity index (χ1n) is 12.5. The fraction of sp³-hybridized carbons (Fsp3) is 0.538. The van der Waals surface area contributed by atoms with Crippen molar-refractivity contribution in [3.63, 3.8) is 0 Å². The molecule has 11 nitrogen and oxygen atoms in total.